The lowest BCUT2D eigenvalue weighted by Gasteiger charge is -2.10. The average molecular weight is 331 g/mol. The molecule has 1 amide bonds. The number of carbonyl (C=O) groups is 1. The highest BCUT2D eigenvalue weighted by Gasteiger charge is 2.14. The van der Waals surface area contributed by atoms with Gasteiger partial charge in [0.1, 0.15) is 12.6 Å². The molecule has 0 spiro atoms. The Bertz CT molecular complexity index is 1040. The molecule has 0 aromatic carbocycles. The molecule has 0 aliphatic heterocycles. The number of nitrogens with zero attached hydrogens (tertiary/aromatic N) is 5. The maximum absolute atomic E-state index is 12.1. The van der Waals surface area contributed by atoms with Crippen molar-refractivity contribution in [1.29, 1.82) is 10.5 Å². The van der Waals surface area contributed by atoms with Gasteiger partial charge in [0.15, 0.2) is 0 Å². The molecule has 8 heteroatoms. The zero-order valence-electron chi connectivity index (χ0n) is 13.3. The molecule has 0 radical (unpaired) electrons. The first-order valence-corrected chi connectivity index (χ1v) is 7.39. The minimum Gasteiger partial charge on any atom is -0.387 e. The van der Waals surface area contributed by atoms with Gasteiger partial charge in [0.25, 0.3) is 5.91 Å². The number of nitriles is 2. The van der Waals surface area contributed by atoms with Gasteiger partial charge in [-0.2, -0.15) is 15.6 Å². The highest BCUT2D eigenvalue weighted by Crippen LogP contribution is 2.25. The number of hydrogen-bond donors (Lipinski definition) is 2. The Morgan fingerprint density at radius 1 is 1.28 bits per heavy atom. The largest absolute Gasteiger partial charge is 0.387 e. The van der Waals surface area contributed by atoms with E-state index in [1.165, 1.54) is 12.4 Å². The fourth-order valence-corrected chi connectivity index (χ4v) is 2.45. The lowest BCUT2D eigenvalue weighted by atomic mass is 10.1. The molecule has 0 fully saturated rings. The molecule has 3 rings (SSSR count). The Hall–Kier alpha value is -3.91. The van der Waals surface area contributed by atoms with Gasteiger partial charge in [-0.1, -0.05) is 0 Å². The van der Waals surface area contributed by atoms with Crippen LogP contribution in [0.25, 0.3) is 16.9 Å². The number of amides is 1. The van der Waals surface area contributed by atoms with E-state index in [9.17, 15) is 4.79 Å². The summed E-state index contributed by atoms with van der Waals surface area (Å²) >= 11 is 0. The number of hydrogen-bond acceptors (Lipinski definition) is 6. The van der Waals surface area contributed by atoms with Crippen molar-refractivity contribution >= 4 is 17.1 Å². The summed E-state index contributed by atoms with van der Waals surface area (Å²) in [6.07, 6.45) is 2.94. The van der Waals surface area contributed by atoms with Gasteiger partial charge in [-0.15, -0.1) is 0 Å². The monoisotopic (exact) mass is 331 g/mol. The first-order valence-electron chi connectivity index (χ1n) is 7.39. The topological polar surface area (TPSA) is 119 Å². The Kier molecular flexibility index (Phi) is 4.27. The van der Waals surface area contributed by atoms with E-state index in [0.717, 1.165) is 11.2 Å². The van der Waals surface area contributed by atoms with Crippen molar-refractivity contribution in [3.05, 3.63) is 47.8 Å². The SMILES string of the molecule is CNc1cc(-c2ccc3cc(C#N)cnn23)ncc1C(=O)NCC#N. The minimum absolute atomic E-state index is 0.0712. The van der Waals surface area contributed by atoms with E-state index < -0.39 is 0 Å². The van der Waals surface area contributed by atoms with Crippen LogP contribution >= 0.6 is 0 Å². The molecule has 0 aliphatic carbocycles. The van der Waals surface area contributed by atoms with Crippen molar-refractivity contribution in [2.24, 2.45) is 0 Å². The number of carbonyl (C=O) groups excluding carboxylic acids is 1. The molecule has 0 bridgehead atoms. The molecule has 0 atom stereocenters. The van der Waals surface area contributed by atoms with Crippen LogP contribution in [0.4, 0.5) is 5.69 Å². The molecule has 0 saturated heterocycles. The number of anilines is 1. The molecule has 3 aromatic heterocycles. The summed E-state index contributed by atoms with van der Waals surface area (Å²) < 4.78 is 1.68. The predicted octanol–water partition coefficient (Wildman–Crippen LogP) is 1.56. The van der Waals surface area contributed by atoms with Crippen molar-refractivity contribution < 1.29 is 4.79 Å². The van der Waals surface area contributed by atoms with Gasteiger partial charge in [0.05, 0.1) is 46.0 Å². The van der Waals surface area contributed by atoms with Crippen LogP contribution in [0.5, 0.6) is 0 Å². The van der Waals surface area contributed by atoms with Crippen LogP contribution in [0.1, 0.15) is 15.9 Å². The fourth-order valence-electron chi connectivity index (χ4n) is 2.45. The van der Waals surface area contributed by atoms with Gasteiger partial charge in [-0.3, -0.25) is 9.78 Å². The van der Waals surface area contributed by atoms with E-state index in [0.29, 0.717) is 22.5 Å². The second kappa shape index (κ2) is 6.69. The molecule has 3 heterocycles. The summed E-state index contributed by atoms with van der Waals surface area (Å²) in [6.45, 7) is -0.0712. The van der Waals surface area contributed by atoms with Crippen molar-refractivity contribution in [1.82, 2.24) is 19.9 Å². The minimum atomic E-state index is -0.373. The number of aromatic nitrogens is 3. The summed E-state index contributed by atoms with van der Waals surface area (Å²) in [7, 11) is 1.70. The number of pyridine rings is 1. The normalized spacial score (nSPS) is 10.0. The van der Waals surface area contributed by atoms with Crippen molar-refractivity contribution in [3.8, 4) is 23.5 Å². The van der Waals surface area contributed by atoms with Crippen LogP contribution < -0.4 is 10.6 Å². The molecule has 3 aromatic rings. The van der Waals surface area contributed by atoms with Gasteiger partial charge >= 0.3 is 0 Å². The third-order valence-corrected chi connectivity index (χ3v) is 3.64. The van der Waals surface area contributed by atoms with E-state index >= 15 is 0 Å². The molecular weight excluding hydrogens is 318 g/mol. The Balaban J connectivity index is 2.03. The summed E-state index contributed by atoms with van der Waals surface area (Å²) in [6, 6.07) is 11.1. The second-order valence-electron chi connectivity index (χ2n) is 5.12. The standard InChI is InChI=1S/C17H13N7O/c1-20-14-7-15(22-10-13(14)17(25)21-5-4-18)16-3-2-12-6-11(8-19)9-23-24(12)16/h2-3,6-7,9-10H,5H2,1H3,(H,20,22)(H,21,25). The summed E-state index contributed by atoms with van der Waals surface area (Å²) in [5.41, 5.74) is 3.55. The number of nitrogens with one attached hydrogen (secondary N) is 2. The van der Waals surface area contributed by atoms with E-state index in [1.807, 2.05) is 18.2 Å². The summed E-state index contributed by atoms with van der Waals surface area (Å²) in [4.78, 5) is 16.4. The lowest BCUT2D eigenvalue weighted by Crippen LogP contribution is -2.24. The lowest BCUT2D eigenvalue weighted by molar-refractivity contribution is 0.0959. The van der Waals surface area contributed by atoms with Gasteiger partial charge in [-0.25, -0.2) is 4.52 Å². The fraction of sp³-hybridized carbons (Fsp3) is 0.118. The van der Waals surface area contributed by atoms with E-state index in [1.54, 1.807) is 23.7 Å². The van der Waals surface area contributed by atoms with E-state index in [-0.39, 0.29) is 12.5 Å². The van der Waals surface area contributed by atoms with Gasteiger partial charge < -0.3 is 10.6 Å². The maximum atomic E-state index is 12.1. The first-order chi connectivity index (χ1) is 12.2. The van der Waals surface area contributed by atoms with Crippen LogP contribution in [0.3, 0.4) is 0 Å². The predicted molar refractivity (Wildman–Crippen MR) is 90.6 cm³/mol. The third-order valence-electron chi connectivity index (χ3n) is 3.64. The average Bonchev–Trinajstić information content (AvgIpc) is 3.08. The van der Waals surface area contributed by atoms with E-state index in [2.05, 4.69) is 26.8 Å². The molecular formula is C17H13N7O. The quantitative estimate of drug-likeness (QED) is 0.700. The zero-order valence-corrected chi connectivity index (χ0v) is 13.3. The highest BCUT2D eigenvalue weighted by molar-refractivity contribution is 6.00. The second-order valence-corrected chi connectivity index (χ2v) is 5.12. The zero-order chi connectivity index (χ0) is 17.8. The van der Waals surface area contributed by atoms with E-state index in [4.69, 9.17) is 10.5 Å². The summed E-state index contributed by atoms with van der Waals surface area (Å²) in [5, 5.41) is 27.2. The Morgan fingerprint density at radius 2 is 2.12 bits per heavy atom. The van der Waals surface area contributed by atoms with Crippen molar-refractivity contribution in [2.75, 3.05) is 18.9 Å². The number of rotatable bonds is 4. The molecule has 122 valence electrons. The molecule has 2 N–H and O–H groups in total. The maximum Gasteiger partial charge on any atom is 0.255 e. The molecule has 25 heavy (non-hydrogen) atoms. The van der Waals surface area contributed by atoms with Gasteiger partial charge in [-0.05, 0) is 24.3 Å². The van der Waals surface area contributed by atoms with Crippen molar-refractivity contribution in [2.45, 2.75) is 0 Å². The van der Waals surface area contributed by atoms with Gasteiger partial charge in [0.2, 0.25) is 0 Å². The molecule has 8 nitrogen and oxygen atoms in total. The number of fused-ring (bicyclic) bond motifs is 1. The van der Waals surface area contributed by atoms with Crippen molar-refractivity contribution in [3.63, 3.8) is 0 Å². The van der Waals surface area contributed by atoms with Gasteiger partial charge in [0, 0.05) is 13.2 Å². The molecule has 0 aliphatic rings. The van der Waals surface area contributed by atoms with Crippen LogP contribution in [-0.4, -0.2) is 34.1 Å². The summed E-state index contributed by atoms with van der Waals surface area (Å²) in [5.74, 6) is -0.373. The third kappa shape index (κ3) is 2.96. The Labute approximate surface area is 143 Å². The molecule has 0 unspecified atom stereocenters. The van der Waals surface area contributed by atoms with Crippen LogP contribution in [0.15, 0.2) is 36.7 Å². The van der Waals surface area contributed by atoms with Crippen LogP contribution in [-0.2, 0) is 0 Å². The van der Waals surface area contributed by atoms with Crippen LogP contribution in [0.2, 0.25) is 0 Å². The first kappa shape index (κ1) is 16.0. The Morgan fingerprint density at radius 3 is 2.84 bits per heavy atom. The smallest absolute Gasteiger partial charge is 0.255 e. The van der Waals surface area contributed by atoms with Crippen LogP contribution in [0, 0.1) is 22.7 Å². The highest BCUT2D eigenvalue weighted by atomic mass is 16.1. The molecule has 0 saturated carbocycles.